The second-order valence-corrected chi connectivity index (χ2v) is 6.34. The van der Waals surface area contributed by atoms with Crippen LogP contribution in [-0.2, 0) is 19.2 Å². The van der Waals surface area contributed by atoms with Gasteiger partial charge in [-0.15, -0.1) is 0 Å². The second kappa shape index (κ2) is 6.99. The minimum atomic E-state index is -0.932. The summed E-state index contributed by atoms with van der Waals surface area (Å²) in [5.74, 6) is 0. The average molecular weight is 321 g/mol. The topological polar surface area (TPSA) is 50.1 Å². The molecule has 0 aliphatic heterocycles. The third-order valence-corrected chi connectivity index (χ3v) is 4.19. The van der Waals surface area contributed by atoms with Gasteiger partial charge < -0.3 is 10.4 Å². The van der Waals surface area contributed by atoms with Gasteiger partial charge in [0.15, 0.2) is 0 Å². The van der Waals surface area contributed by atoms with E-state index in [4.69, 9.17) is 0 Å². The summed E-state index contributed by atoms with van der Waals surface area (Å²) in [5, 5.41) is 18.0. The highest BCUT2D eigenvalue weighted by Gasteiger charge is 2.24. The summed E-state index contributed by atoms with van der Waals surface area (Å²) in [6.07, 6.45) is 3.55. The minimum absolute atomic E-state index is 0.471. The highest BCUT2D eigenvalue weighted by atomic mass is 16.3. The summed E-state index contributed by atoms with van der Waals surface area (Å²) in [4.78, 5) is 0. The number of hydrogen-bond donors (Lipinski definition) is 2. The third-order valence-electron chi connectivity index (χ3n) is 4.19. The Kier molecular flexibility index (Phi) is 4.79. The van der Waals surface area contributed by atoms with Crippen LogP contribution in [0.5, 0.6) is 0 Å². The lowest BCUT2D eigenvalue weighted by atomic mass is 9.99. The Bertz CT molecular complexity index is 776. The number of aryl methyl sites for hydroxylation is 1. The largest absolute Gasteiger partial charge is 0.384 e. The van der Waals surface area contributed by atoms with Crippen molar-refractivity contribution in [2.24, 2.45) is 7.05 Å². The molecule has 0 amide bonds. The predicted octanol–water partition coefficient (Wildman–Crippen LogP) is 3.08. The quantitative estimate of drug-likeness (QED) is 0.733. The molecular formula is C20H23N3O. The molecule has 4 nitrogen and oxygen atoms in total. The molecule has 2 N–H and O–H groups in total. The molecule has 0 aliphatic carbocycles. The monoisotopic (exact) mass is 321 g/mol. The van der Waals surface area contributed by atoms with Crippen LogP contribution in [0.1, 0.15) is 18.1 Å². The molecular weight excluding hydrogens is 298 g/mol. The van der Waals surface area contributed by atoms with Crippen molar-refractivity contribution in [3.63, 3.8) is 0 Å². The third kappa shape index (κ3) is 3.91. The van der Waals surface area contributed by atoms with E-state index in [1.807, 2.05) is 31.4 Å². The Hall–Kier alpha value is -2.43. The number of rotatable bonds is 6. The van der Waals surface area contributed by atoms with Gasteiger partial charge >= 0.3 is 0 Å². The molecule has 4 heteroatoms. The minimum Gasteiger partial charge on any atom is -0.384 e. The van der Waals surface area contributed by atoms with Crippen molar-refractivity contribution >= 4 is 0 Å². The highest BCUT2D eigenvalue weighted by Crippen LogP contribution is 2.20. The summed E-state index contributed by atoms with van der Waals surface area (Å²) >= 11 is 0. The van der Waals surface area contributed by atoms with Crippen molar-refractivity contribution < 1.29 is 5.11 Å². The first-order valence-electron chi connectivity index (χ1n) is 8.11. The maximum atomic E-state index is 10.6. The fourth-order valence-electron chi connectivity index (χ4n) is 2.70. The summed E-state index contributed by atoms with van der Waals surface area (Å²) < 4.78 is 1.70. The summed E-state index contributed by atoms with van der Waals surface area (Å²) in [7, 11) is 1.85. The van der Waals surface area contributed by atoms with Crippen molar-refractivity contribution in [3.8, 4) is 11.1 Å². The first-order valence-corrected chi connectivity index (χ1v) is 8.11. The second-order valence-electron chi connectivity index (χ2n) is 6.34. The molecule has 0 aliphatic rings. The average Bonchev–Trinajstić information content (AvgIpc) is 3.04. The van der Waals surface area contributed by atoms with Crippen molar-refractivity contribution in [3.05, 3.63) is 78.1 Å². The van der Waals surface area contributed by atoms with E-state index in [0.29, 0.717) is 13.1 Å². The molecule has 1 atom stereocenters. The summed E-state index contributed by atoms with van der Waals surface area (Å²) in [6, 6.07) is 18.8. The van der Waals surface area contributed by atoms with Crippen molar-refractivity contribution in [2.75, 3.05) is 6.54 Å². The number of hydrogen-bond acceptors (Lipinski definition) is 3. The van der Waals surface area contributed by atoms with Gasteiger partial charge in [-0.3, -0.25) is 4.68 Å². The van der Waals surface area contributed by atoms with Gasteiger partial charge in [-0.25, -0.2) is 0 Å². The Morgan fingerprint density at radius 3 is 2.33 bits per heavy atom. The van der Waals surface area contributed by atoms with Crippen LogP contribution in [-0.4, -0.2) is 21.4 Å². The molecule has 3 rings (SSSR count). The van der Waals surface area contributed by atoms with Crippen LogP contribution >= 0.6 is 0 Å². The van der Waals surface area contributed by atoms with Crippen LogP contribution in [0.15, 0.2) is 67.0 Å². The van der Waals surface area contributed by atoms with Crippen LogP contribution in [0.4, 0.5) is 0 Å². The lowest BCUT2D eigenvalue weighted by Gasteiger charge is -2.22. The number of aromatic nitrogens is 2. The van der Waals surface area contributed by atoms with E-state index in [2.05, 4.69) is 46.8 Å². The number of aliphatic hydroxyl groups is 1. The Morgan fingerprint density at radius 2 is 1.71 bits per heavy atom. The molecule has 24 heavy (non-hydrogen) atoms. The van der Waals surface area contributed by atoms with E-state index in [1.54, 1.807) is 17.8 Å². The van der Waals surface area contributed by atoms with Crippen molar-refractivity contribution in [1.29, 1.82) is 0 Å². The fourth-order valence-corrected chi connectivity index (χ4v) is 2.70. The van der Waals surface area contributed by atoms with Gasteiger partial charge in [0.05, 0.1) is 6.20 Å². The lowest BCUT2D eigenvalue weighted by molar-refractivity contribution is 0.0566. The van der Waals surface area contributed by atoms with Crippen molar-refractivity contribution in [1.82, 2.24) is 15.1 Å². The molecule has 0 spiro atoms. The molecule has 0 radical (unpaired) electrons. The van der Waals surface area contributed by atoms with Gasteiger partial charge in [-0.2, -0.15) is 5.10 Å². The fraction of sp³-hybridized carbons (Fsp3) is 0.250. The first-order chi connectivity index (χ1) is 11.5. The van der Waals surface area contributed by atoms with Crippen LogP contribution in [0, 0.1) is 0 Å². The van der Waals surface area contributed by atoms with Gasteiger partial charge in [0, 0.05) is 31.9 Å². The van der Waals surface area contributed by atoms with E-state index >= 15 is 0 Å². The van der Waals surface area contributed by atoms with Gasteiger partial charge in [0.1, 0.15) is 5.60 Å². The van der Waals surface area contributed by atoms with Crippen LogP contribution < -0.4 is 5.32 Å². The van der Waals surface area contributed by atoms with E-state index in [0.717, 1.165) is 5.56 Å². The van der Waals surface area contributed by atoms with Gasteiger partial charge in [0.2, 0.25) is 0 Å². The normalized spacial score (nSPS) is 13.6. The summed E-state index contributed by atoms with van der Waals surface area (Å²) in [5.41, 5.74) is 3.50. The SMILES string of the molecule is Cn1cc(C(C)(O)CNCc2ccc(-c3ccccc3)cc2)cn1. The Labute approximate surface area is 142 Å². The molecule has 0 bridgehead atoms. The number of benzene rings is 2. The maximum Gasteiger partial charge on any atom is 0.102 e. The zero-order valence-electron chi connectivity index (χ0n) is 14.1. The predicted molar refractivity (Wildman–Crippen MR) is 96.4 cm³/mol. The molecule has 124 valence electrons. The molecule has 1 aromatic heterocycles. The zero-order chi connectivity index (χ0) is 17.0. The Morgan fingerprint density at radius 1 is 1.04 bits per heavy atom. The lowest BCUT2D eigenvalue weighted by Crippen LogP contribution is -2.34. The molecule has 0 fully saturated rings. The van der Waals surface area contributed by atoms with Gasteiger partial charge in [-0.05, 0) is 23.6 Å². The standard InChI is InChI=1S/C20H23N3O/c1-20(24,19-13-22-23(2)14-19)15-21-12-16-8-10-18(11-9-16)17-6-4-3-5-7-17/h3-11,13-14,21,24H,12,15H2,1-2H3. The van der Waals surface area contributed by atoms with Crippen LogP contribution in [0.25, 0.3) is 11.1 Å². The first kappa shape index (κ1) is 16.4. The van der Waals surface area contributed by atoms with Crippen LogP contribution in [0.2, 0.25) is 0 Å². The van der Waals surface area contributed by atoms with Gasteiger partial charge in [-0.1, -0.05) is 54.6 Å². The van der Waals surface area contributed by atoms with E-state index < -0.39 is 5.60 Å². The van der Waals surface area contributed by atoms with Crippen molar-refractivity contribution in [2.45, 2.75) is 19.1 Å². The molecule has 3 aromatic rings. The smallest absolute Gasteiger partial charge is 0.102 e. The highest BCUT2D eigenvalue weighted by molar-refractivity contribution is 5.63. The van der Waals surface area contributed by atoms with E-state index in [1.165, 1.54) is 16.7 Å². The maximum absolute atomic E-state index is 10.6. The van der Waals surface area contributed by atoms with Crippen LogP contribution in [0.3, 0.4) is 0 Å². The molecule has 0 saturated heterocycles. The van der Waals surface area contributed by atoms with Gasteiger partial charge in [0.25, 0.3) is 0 Å². The van der Waals surface area contributed by atoms with E-state index in [-0.39, 0.29) is 0 Å². The van der Waals surface area contributed by atoms with E-state index in [9.17, 15) is 5.11 Å². The summed E-state index contributed by atoms with van der Waals surface area (Å²) in [6.45, 7) is 2.99. The number of nitrogens with zero attached hydrogens (tertiary/aromatic N) is 2. The molecule has 0 saturated carbocycles. The Balaban J connectivity index is 1.57. The molecule has 1 unspecified atom stereocenters. The molecule has 2 aromatic carbocycles. The number of nitrogens with one attached hydrogen (secondary N) is 1. The molecule has 1 heterocycles. The zero-order valence-corrected chi connectivity index (χ0v) is 14.1.